The van der Waals surface area contributed by atoms with E-state index >= 15 is 0 Å². The van der Waals surface area contributed by atoms with Crippen molar-refractivity contribution in [3.63, 3.8) is 0 Å². The molecule has 2 bridgehead atoms. The summed E-state index contributed by atoms with van der Waals surface area (Å²) in [6, 6.07) is 43.1. The van der Waals surface area contributed by atoms with Gasteiger partial charge in [0, 0.05) is 17.8 Å². The summed E-state index contributed by atoms with van der Waals surface area (Å²) in [4.78, 5) is 4.34. The largest absolute Gasteiger partial charge is 0.264 e. The van der Waals surface area contributed by atoms with Crippen LogP contribution in [0, 0.1) is 6.92 Å². The molecule has 1 heterocycles. The molecule has 2 aliphatic carbocycles. The van der Waals surface area contributed by atoms with Gasteiger partial charge in [0.15, 0.2) is 0 Å². The Kier molecular flexibility index (Phi) is 6.54. The van der Waals surface area contributed by atoms with E-state index < -0.39 is 0 Å². The summed E-state index contributed by atoms with van der Waals surface area (Å²) < 4.78 is 0. The van der Waals surface area contributed by atoms with E-state index in [1.807, 2.05) is 12.4 Å². The molecule has 0 saturated heterocycles. The molecule has 9 rings (SSSR count). The Morgan fingerprint density at radius 3 is 2.38 bits per heavy atom. The van der Waals surface area contributed by atoms with Crippen LogP contribution in [0.25, 0.3) is 72.7 Å². The summed E-state index contributed by atoms with van der Waals surface area (Å²) in [6.07, 6.45) is 13.0. The van der Waals surface area contributed by atoms with Crippen LogP contribution in [0.15, 0.2) is 134 Å². The van der Waals surface area contributed by atoms with Gasteiger partial charge in [0.05, 0.1) is 0 Å². The first-order valence-electron chi connectivity index (χ1n) is 16.8. The Balaban J connectivity index is 1.28. The molecule has 0 fully saturated rings. The van der Waals surface area contributed by atoms with Crippen molar-refractivity contribution in [1.82, 2.24) is 4.98 Å². The molecule has 224 valence electrons. The second-order valence-corrected chi connectivity index (χ2v) is 13.1. The molecule has 6 aromatic carbocycles. The summed E-state index contributed by atoms with van der Waals surface area (Å²) in [5.74, 6) is 0.505. The SMILES string of the molecule is CCC1Cc2cccc(-c3ccc4cnccc4c3)c2-c2cc(-c3ccc4ccc5c(C)c4c3C=C(c3ccccc3)C=C5)ccc21. The zero-order valence-electron chi connectivity index (χ0n) is 26.8. The van der Waals surface area contributed by atoms with Crippen LogP contribution in [0.5, 0.6) is 0 Å². The number of aromatic nitrogens is 1. The molecule has 1 aromatic heterocycles. The second kappa shape index (κ2) is 11.1. The lowest BCUT2D eigenvalue weighted by Gasteiger charge is -2.30. The minimum absolute atomic E-state index is 0.505. The van der Waals surface area contributed by atoms with Crippen LogP contribution < -0.4 is 0 Å². The molecule has 1 nitrogen and oxygen atoms in total. The highest BCUT2D eigenvalue weighted by Gasteiger charge is 2.27. The maximum Gasteiger partial charge on any atom is 0.0346 e. The molecule has 7 aromatic rings. The fourth-order valence-electron chi connectivity index (χ4n) is 8.03. The van der Waals surface area contributed by atoms with E-state index in [9.17, 15) is 0 Å². The van der Waals surface area contributed by atoms with Gasteiger partial charge in [-0.05, 0) is 138 Å². The van der Waals surface area contributed by atoms with Crippen LogP contribution in [0.3, 0.4) is 0 Å². The first-order chi connectivity index (χ1) is 23.2. The number of fused-ring (bicyclic) bond motifs is 5. The molecular weight excluding hydrogens is 567 g/mol. The van der Waals surface area contributed by atoms with Gasteiger partial charge in [-0.15, -0.1) is 0 Å². The number of nitrogens with zero attached hydrogens (tertiary/aromatic N) is 1. The predicted octanol–water partition coefficient (Wildman–Crippen LogP) is 12.3. The quantitative estimate of drug-likeness (QED) is 0.196. The van der Waals surface area contributed by atoms with Crippen LogP contribution in [0.2, 0.25) is 0 Å². The molecule has 0 spiro atoms. The number of hydrogen-bond donors (Lipinski definition) is 0. The van der Waals surface area contributed by atoms with Crippen molar-refractivity contribution >= 4 is 39.3 Å². The number of rotatable bonds is 4. The van der Waals surface area contributed by atoms with Crippen LogP contribution >= 0.6 is 0 Å². The highest BCUT2D eigenvalue weighted by Crippen LogP contribution is 2.48. The monoisotopic (exact) mass is 601 g/mol. The van der Waals surface area contributed by atoms with Crippen LogP contribution in [-0.2, 0) is 6.42 Å². The maximum atomic E-state index is 4.34. The number of benzene rings is 6. The number of allylic oxidation sites excluding steroid dienone is 2. The average molecular weight is 602 g/mol. The first kappa shape index (κ1) is 27.8. The smallest absolute Gasteiger partial charge is 0.0346 e. The van der Waals surface area contributed by atoms with E-state index in [4.69, 9.17) is 0 Å². The molecule has 47 heavy (non-hydrogen) atoms. The van der Waals surface area contributed by atoms with Gasteiger partial charge in [0.2, 0.25) is 0 Å². The standard InChI is InChI=1S/C46H35N/c1-3-30-24-38-10-7-11-42(36-16-17-39-28-47-23-22-35(39)25-36)46(38)44-27-37(19-21-40(30)44)41-20-18-33-14-12-31-13-15-34(32-8-5-4-6-9-32)26-43(41)45(33)29(31)2/h4-23,25-28,30H,3,24H2,1-2H3. The van der Waals surface area contributed by atoms with Gasteiger partial charge in [-0.1, -0.05) is 116 Å². The van der Waals surface area contributed by atoms with Gasteiger partial charge in [0.25, 0.3) is 0 Å². The van der Waals surface area contributed by atoms with Crippen LogP contribution in [-0.4, -0.2) is 4.98 Å². The Bertz CT molecular complexity index is 2430. The molecule has 0 saturated carbocycles. The molecule has 0 aliphatic heterocycles. The Morgan fingerprint density at radius 2 is 1.49 bits per heavy atom. The fourth-order valence-corrected chi connectivity index (χ4v) is 8.03. The van der Waals surface area contributed by atoms with E-state index in [-0.39, 0.29) is 0 Å². The van der Waals surface area contributed by atoms with Crippen molar-refractivity contribution in [1.29, 1.82) is 0 Å². The molecule has 0 amide bonds. The number of pyridine rings is 1. The molecule has 2 aliphatic rings. The Morgan fingerprint density at radius 1 is 0.660 bits per heavy atom. The topological polar surface area (TPSA) is 12.9 Å². The van der Waals surface area contributed by atoms with Crippen LogP contribution in [0.1, 0.15) is 52.6 Å². The summed E-state index contributed by atoms with van der Waals surface area (Å²) in [5.41, 5.74) is 17.1. The van der Waals surface area contributed by atoms with Gasteiger partial charge < -0.3 is 0 Å². The lowest BCUT2D eigenvalue weighted by atomic mass is 9.74. The van der Waals surface area contributed by atoms with Crippen molar-refractivity contribution in [3.05, 3.63) is 167 Å². The van der Waals surface area contributed by atoms with E-state index in [0.717, 1.165) is 12.8 Å². The van der Waals surface area contributed by atoms with Gasteiger partial charge in [-0.25, -0.2) is 0 Å². The molecule has 1 atom stereocenters. The molecular formula is C46H35N. The van der Waals surface area contributed by atoms with Crippen molar-refractivity contribution in [2.75, 3.05) is 0 Å². The summed E-state index contributed by atoms with van der Waals surface area (Å²) >= 11 is 0. The van der Waals surface area contributed by atoms with E-state index in [2.05, 4.69) is 152 Å². The lowest BCUT2D eigenvalue weighted by Crippen LogP contribution is -2.11. The third-order valence-corrected chi connectivity index (χ3v) is 10.5. The first-order valence-corrected chi connectivity index (χ1v) is 16.8. The third kappa shape index (κ3) is 4.57. The molecule has 1 unspecified atom stereocenters. The lowest BCUT2D eigenvalue weighted by molar-refractivity contribution is 0.654. The van der Waals surface area contributed by atoms with Crippen molar-refractivity contribution < 1.29 is 0 Å². The summed E-state index contributed by atoms with van der Waals surface area (Å²) in [6.45, 7) is 4.61. The van der Waals surface area contributed by atoms with E-state index in [0.29, 0.717) is 5.92 Å². The van der Waals surface area contributed by atoms with Crippen LogP contribution in [0.4, 0.5) is 0 Å². The van der Waals surface area contributed by atoms with Crippen molar-refractivity contribution in [2.45, 2.75) is 32.6 Å². The Hall–Kier alpha value is -5.53. The van der Waals surface area contributed by atoms with Gasteiger partial charge in [-0.2, -0.15) is 0 Å². The van der Waals surface area contributed by atoms with E-state index in [1.54, 1.807) is 0 Å². The maximum absolute atomic E-state index is 4.34. The predicted molar refractivity (Wildman–Crippen MR) is 200 cm³/mol. The number of aryl methyl sites for hydroxylation is 1. The molecule has 0 N–H and O–H groups in total. The normalized spacial score (nSPS) is 14.9. The minimum Gasteiger partial charge on any atom is -0.264 e. The minimum atomic E-state index is 0.505. The number of hydrogen-bond acceptors (Lipinski definition) is 1. The highest BCUT2D eigenvalue weighted by molar-refractivity contribution is 6.07. The van der Waals surface area contributed by atoms with Crippen molar-refractivity contribution in [2.24, 2.45) is 0 Å². The highest BCUT2D eigenvalue weighted by atomic mass is 14.6. The fraction of sp³-hybridized carbons (Fsp3) is 0.109. The summed E-state index contributed by atoms with van der Waals surface area (Å²) in [7, 11) is 0. The Labute approximate surface area is 276 Å². The van der Waals surface area contributed by atoms with Gasteiger partial charge in [0.1, 0.15) is 0 Å². The van der Waals surface area contributed by atoms with Gasteiger partial charge in [-0.3, -0.25) is 4.98 Å². The molecule has 1 heteroatoms. The van der Waals surface area contributed by atoms with Crippen molar-refractivity contribution in [3.8, 4) is 33.4 Å². The van der Waals surface area contributed by atoms with E-state index in [1.165, 1.54) is 93.9 Å². The zero-order valence-corrected chi connectivity index (χ0v) is 26.8. The second-order valence-electron chi connectivity index (χ2n) is 13.1. The summed E-state index contributed by atoms with van der Waals surface area (Å²) in [5, 5.41) is 5.02. The third-order valence-electron chi connectivity index (χ3n) is 10.5. The average Bonchev–Trinajstić information content (AvgIpc) is 3.12. The molecule has 0 radical (unpaired) electrons. The van der Waals surface area contributed by atoms with Gasteiger partial charge >= 0.3 is 0 Å². The zero-order chi connectivity index (χ0) is 31.5.